The number of carbonyl (C=O) groups is 1. The van der Waals surface area contributed by atoms with Gasteiger partial charge in [0, 0.05) is 24.3 Å². The number of para-hydroxylation sites is 1. The maximum Gasteiger partial charge on any atom is 0.256 e. The van der Waals surface area contributed by atoms with Crippen LogP contribution in [0.5, 0.6) is 0 Å². The first kappa shape index (κ1) is 16.3. The van der Waals surface area contributed by atoms with E-state index in [0.29, 0.717) is 6.54 Å². The van der Waals surface area contributed by atoms with Crippen LogP contribution in [0.15, 0.2) is 36.9 Å². The molecular weight excluding hydrogens is 248 g/mol. The standard InChI is InChI=1S/C17H26N2O/c1-6-12-18-15-11-9-8-10-14(15)16(20)19(13-7-2)17(3,4)5/h7-11,18H,2,6,12-13H2,1,3-5H3. The van der Waals surface area contributed by atoms with E-state index < -0.39 is 0 Å². The second-order valence-corrected chi connectivity index (χ2v) is 5.85. The molecule has 20 heavy (non-hydrogen) atoms. The summed E-state index contributed by atoms with van der Waals surface area (Å²) in [5.41, 5.74) is 1.39. The third-order valence-corrected chi connectivity index (χ3v) is 3.09. The Morgan fingerprint density at radius 2 is 2.00 bits per heavy atom. The number of hydrogen-bond donors (Lipinski definition) is 1. The monoisotopic (exact) mass is 274 g/mol. The fourth-order valence-electron chi connectivity index (χ4n) is 2.02. The Kier molecular flexibility index (Phi) is 5.81. The summed E-state index contributed by atoms with van der Waals surface area (Å²) < 4.78 is 0. The highest BCUT2D eigenvalue weighted by Gasteiger charge is 2.27. The highest BCUT2D eigenvalue weighted by Crippen LogP contribution is 2.22. The molecule has 0 aliphatic rings. The van der Waals surface area contributed by atoms with Crippen LogP contribution in [0.25, 0.3) is 0 Å². The van der Waals surface area contributed by atoms with Gasteiger partial charge in [-0.2, -0.15) is 0 Å². The lowest BCUT2D eigenvalue weighted by atomic mass is 10.0. The minimum Gasteiger partial charge on any atom is -0.384 e. The Morgan fingerprint density at radius 3 is 2.55 bits per heavy atom. The molecule has 0 aromatic heterocycles. The summed E-state index contributed by atoms with van der Waals surface area (Å²) in [7, 11) is 0. The number of nitrogens with one attached hydrogen (secondary N) is 1. The van der Waals surface area contributed by atoms with Crippen molar-refractivity contribution in [3.8, 4) is 0 Å². The molecular formula is C17H26N2O. The van der Waals surface area contributed by atoms with Gasteiger partial charge in [-0.1, -0.05) is 25.1 Å². The predicted octanol–water partition coefficient (Wildman–Crippen LogP) is 3.94. The number of anilines is 1. The molecule has 1 aromatic carbocycles. The fourth-order valence-corrected chi connectivity index (χ4v) is 2.02. The summed E-state index contributed by atoms with van der Waals surface area (Å²) in [6.45, 7) is 13.4. The SMILES string of the molecule is C=CCN(C(=O)c1ccccc1NCCC)C(C)(C)C. The lowest BCUT2D eigenvalue weighted by molar-refractivity contribution is 0.0617. The Labute approximate surface area is 122 Å². The van der Waals surface area contributed by atoms with Crippen molar-refractivity contribution in [3.05, 3.63) is 42.5 Å². The van der Waals surface area contributed by atoms with Crippen LogP contribution in [0.2, 0.25) is 0 Å². The van der Waals surface area contributed by atoms with Crippen molar-refractivity contribution >= 4 is 11.6 Å². The highest BCUT2D eigenvalue weighted by atomic mass is 16.2. The largest absolute Gasteiger partial charge is 0.384 e. The van der Waals surface area contributed by atoms with E-state index in [1.54, 1.807) is 6.08 Å². The summed E-state index contributed by atoms with van der Waals surface area (Å²) in [6, 6.07) is 7.68. The van der Waals surface area contributed by atoms with E-state index >= 15 is 0 Å². The molecule has 0 fully saturated rings. The van der Waals surface area contributed by atoms with Gasteiger partial charge in [0.2, 0.25) is 0 Å². The van der Waals surface area contributed by atoms with E-state index in [1.165, 1.54) is 0 Å². The number of hydrogen-bond acceptors (Lipinski definition) is 2. The molecule has 0 aliphatic heterocycles. The van der Waals surface area contributed by atoms with Crippen molar-refractivity contribution in [1.82, 2.24) is 4.90 Å². The maximum absolute atomic E-state index is 12.8. The summed E-state index contributed by atoms with van der Waals surface area (Å²) >= 11 is 0. The van der Waals surface area contributed by atoms with Crippen LogP contribution in [-0.4, -0.2) is 29.4 Å². The smallest absolute Gasteiger partial charge is 0.256 e. The first-order chi connectivity index (χ1) is 9.41. The van der Waals surface area contributed by atoms with Gasteiger partial charge in [0.05, 0.1) is 5.56 Å². The molecule has 0 unspecified atom stereocenters. The minimum atomic E-state index is -0.233. The first-order valence-electron chi connectivity index (χ1n) is 7.17. The van der Waals surface area contributed by atoms with Crippen LogP contribution in [0, 0.1) is 0 Å². The van der Waals surface area contributed by atoms with Crippen molar-refractivity contribution in [3.63, 3.8) is 0 Å². The molecule has 0 radical (unpaired) electrons. The van der Waals surface area contributed by atoms with Gasteiger partial charge in [0.25, 0.3) is 5.91 Å². The molecule has 0 aliphatic carbocycles. The summed E-state index contributed by atoms with van der Waals surface area (Å²) in [5, 5.41) is 3.32. The first-order valence-corrected chi connectivity index (χ1v) is 7.17. The van der Waals surface area contributed by atoms with Gasteiger partial charge in [-0.25, -0.2) is 0 Å². The molecule has 1 rings (SSSR count). The second-order valence-electron chi connectivity index (χ2n) is 5.85. The van der Waals surface area contributed by atoms with Crippen molar-refractivity contribution in [2.24, 2.45) is 0 Å². The van der Waals surface area contributed by atoms with E-state index in [0.717, 1.165) is 24.2 Å². The van der Waals surface area contributed by atoms with Gasteiger partial charge in [0.1, 0.15) is 0 Å². The zero-order valence-corrected chi connectivity index (χ0v) is 13.1. The molecule has 0 atom stereocenters. The van der Waals surface area contributed by atoms with Crippen LogP contribution < -0.4 is 5.32 Å². The van der Waals surface area contributed by atoms with Crippen molar-refractivity contribution in [1.29, 1.82) is 0 Å². The Morgan fingerprint density at radius 1 is 1.35 bits per heavy atom. The minimum absolute atomic E-state index is 0.0385. The van der Waals surface area contributed by atoms with Crippen molar-refractivity contribution in [2.45, 2.75) is 39.7 Å². The molecule has 0 bridgehead atoms. The summed E-state index contributed by atoms with van der Waals surface area (Å²) in [4.78, 5) is 14.6. The van der Waals surface area contributed by atoms with Gasteiger partial charge in [-0.15, -0.1) is 6.58 Å². The molecule has 110 valence electrons. The number of carbonyl (C=O) groups excluding carboxylic acids is 1. The van der Waals surface area contributed by atoms with Gasteiger partial charge in [-0.3, -0.25) is 4.79 Å². The lowest BCUT2D eigenvalue weighted by Crippen LogP contribution is -2.45. The average Bonchev–Trinajstić information content (AvgIpc) is 2.41. The molecule has 0 saturated carbocycles. The van der Waals surface area contributed by atoms with Gasteiger partial charge in [0.15, 0.2) is 0 Å². The van der Waals surface area contributed by atoms with Crippen molar-refractivity contribution in [2.75, 3.05) is 18.4 Å². The van der Waals surface area contributed by atoms with Crippen molar-refractivity contribution < 1.29 is 4.79 Å². The Balaban J connectivity index is 3.08. The molecule has 0 heterocycles. The molecule has 1 N–H and O–H groups in total. The number of amides is 1. The maximum atomic E-state index is 12.8. The number of nitrogens with zero attached hydrogens (tertiary/aromatic N) is 1. The van der Waals surface area contributed by atoms with Crippen LogP contribution >= 0.6 is 0 Å². The second kappa shape index (κ2) is 7.13. The average molecular weight is 274 g/mol. The Hall–Kier alpha value is -1.77. The molecule has 3 nitrogen and oxygen atoms in total. The molecule has 0 saturated heterocycles. The van der Waals surface area contributed by atoms with E-state index in [-0.39, 0.29) is 11.4 Å². The topological polar surface area (TPSA) is 32.3 Å². The van der Waals surface area contributed by atoms with E-state index in [9.17, 15) is 4.79 Å². The summed E-state index contributed by atoms with van der Waals surface area (Å²) in [6.07, 6.45) is 2.80. The highest BCUT2D eigenvalue weighted by molar-refractivity contribution is 6.00. The quantitative estimate of drug-likeness (QED) is 0.797. The fraction of sp³-hybridized carbons (Fsp3) is 0.471. The summed E-state index contributed by atoms with van der Waals surface area (Å²) in [5.74, 6) is 0.0385. The van der Waals surface area contributed by atoms with Crippen LogP contribution in [0.1, 0.15) is 44.5 Å². The third kappa shape index (κ3) is 4.12. The zero-order chi connectivity index (χ0) is 15.2. The van der Waals surface area contributed by atoms with E-state index in [2.05, 4.69) is 18.8 Å². The zero-order valence-electron chi connectivity index (χ0n) is 13.1. The molecule has 3 heteroatoms. The Bertz CT molecular complexity index is 460. The van der Waals surface area contributed by atoms with Gasteiger partial charge >= 0.3 is 0 Å². The van der Waals surface area contributed by atoms with Gasteiger partial charge in [-0.05, 0) is 39.3 Å². The van der Waals surface area contributed by atoms with Crippen LogP contribution in [0.3, 0.4) is 0 Å². The number of rotatable bonds is 6. The van der Waals surface area contributed by atoms with Crippen LogP contribution in [0.4, 0.5) is 5.69 Å². The normalized spacial score (nSPS) is 11.0. The third-order valence-electron chi connectivity index (χ3n) is 3.09. The van der Waals surface area contributed by atoms with E-state index in [1.807, 2.05) is 49.9 Å². The molecule has 1 amide bonds. The predicted molar refractivity (Wildman–Crippen MR) is 86.2 cm³/mol. The molecule has 0 spiro atoms. The van der Waals surface area contributed by atoms with E-state index in [4.69, 9.17) is 0 Å². The number of benzene rings is 1. The van der Waals surface area contributed by atoms with Crippen LogP contribution in [-0.2, 0) is 0 Å². The van der Waals surface area contributed by atoms with Gasteiger partial charge < -0.3 is 10.2 Å². The lowest BCUT2D eigenvalue weighted by Gasteiger charge is -2.35. The molecule has 1 aromatic rings.